The zero-order chi connectivity index (χ0) is 12.8. The standard InChI is InChI=1S/C12H19N5O/c1-13-11(18)16-7-10(8-16)17-6-9(5-15-17)12(14-2)3-4-12/h5-6,10,14H,3-4,7-8H2,1-2H3,(H,13,18). The maximum atomic E-state index is 11.4. The molecule has 0 atom stereocenters. The van der Waals surface area contributed by atoms with Crippen LogP contribution in [-0.4, -0.2) is 47.9 Å². The van der Waals surface area contributed by atoms with Crippen LogP contribution in [-0.2, 0) is 5.54 Å². The van der Waals surface area contributed by atoms with Crippen LogP contribution >= 0.6 is 0 Å². The summed E-state index contributed by atoms with van der Waals surface area (Å²) in [6.07, 6.45) is 6.44. The maximum Gasteiger partial charge on any atom is 0.317 e. The molecule has 1 saturated carbocycles. The van der Waals surface area contributed by atoms with Gasteiger partial charge in [0.05, 0.1) is 12.2 Å². The van der Waals surface area contributed by atoms with E-state index in [2.05, 4.69) is 21.9 Å². The van der Waals surface area contributed by atoms with Crippen LogP contribution in [0.4, 0.5) is 4.79 Å². The van der Waals surface area contributed by atoms with Crippen molar-refractivity contribution in [3.63, 3.8) is 0 Å². The van der Waals surface area contributed by atoms with Gasteiger partial charge in [-0.2, -0.15) is 5.10 Å². The third kappa shape index (κ3) is 1.68. The number of carbonyl (C=O) groups is 1. The second kappa shape index (κ2) is 3.98. The fourth-order valence-electron chi connectivity index (χ4n) is 2.54. The number of likely N-dealkylation sites (tertiary alicyclic amines) is 1. The summed E-state index contributed by atoms with van der Waals surface area (Å²) >= 11 is 0. The molecule has 0 bridgehead atoms. The van der Waals surface area contributed by atoms with E-state index in [1.165, 1.54) is 18.4 Å². The lowest BCUT2D eigenvalue weighted by atomic mass is 10.1. The average Bonchev–Trinajstić information content (AvgIpc) is 2.99. The lowest BCUT2D eigenvalue weighted by Gasteiger charge is -2.38. The Balaban J connectivity index is 1.64. The molecule has 1 aromatic rings. The third-order valence-electron chi connectivity index (χ3n) is 4.12. The smallest absolute Gasteiger partial charge is 0.317 e. The highest BCUT2D eigenvalue weighted by Crippen LogP contribution is 2.45. The molecule has 0 aromatic carbocycles. The first-order valence-corrected chi connectivity index (χ1v) is 6.39. The van der Waals surface area contributed by atoms with Gasteiger partial charge in [-0.3, -0.25) is 4.68 Å². The Morgan fingerprint density at radius 3 is 2.72 bits per heavy atom. The molecule has 2 fully saturated rings. The summed E-state index contributed by atoms with van der Waals surface area (Å²) in [6.45, 7) is 1.49. The summed E-state index contributed by atoms with van der Waals surface area (Å²) in [4.78, 5) is 13.2. The number of carbonyl (C=O) groups excluding carboxylic acids is 1. The second-order valence-electron chi connectivity index (χ2n) is 5.16. The van der Waals surface area contributed by atoms with Crippen LogP contribution in [0, 0.1) is 0 Å². The van der Waals surface area contributed by atoms with Gasteiger partial charge >= 0.3 is 6.03 Å². The van der Waals surface area contributed by atoms with Gasteiger partial charge in [-0.15, -0.1) is 0 Å². The molecule has 0 radical (unpaired) electrons. The topological polar surface area (TPSA) is 62.2 Å². The molecule has 1 aliphatic carbocycles. The number of hydrogen-bond acceptors (Lipinski definition) is 3. The molecule has 1 aromatic heterocycles. The monoisotopic (exact) mass is 249 g/mol. The van der Waals surface area contributed by atoms with Crippen LogP contribution in [0.25, 0.3) is 0 Å². The van der Waals surface area contributed by atoms with E-state index in [9.17, 15) is 4.79 Å². The summed E-state index contributed by atoms with van der Waals surface area (Å²) in [5.74, 6) is 0. The van der Waals surface area contributed by atoms with Gasteiger partial charge in [-0.05, 0) is 19.9 Å². The first-order chi connectivity index (χ1) is 8.68. The molecule has 98 valence electrons. The molecular weight excluding hydrogens is 230 g/mol. The van der Waals surface area contributed by atoms with Crippen LogP contribution in [0.3, 0.4) is 0 Å². The van der Waals surface area contributed by atoms with E-state index in [-0.39, 0.29) is 11.6 Å². The average molecular weight is 249 g/mol. The van der Waals surface area contributed by atoms with E-state index in [1.54, 1.807) is 11.9 Å². The molecule has 1 saturated heterocycles. The van der Waals surface area contributed by atoms with Crippen molar-refractivity contribution in [3.05, 3.63) is 18.0 Å². The summed E-state index contributed by atoms with van der Waals surface area (Å²) < 4.78 is 1.99. The first-order valence-electron chi connectivity index (χ1n) is 6.39. The third-order valence-corrected chi connectivity index (χ3v) is 4.12. The number of urea groups is 1. The molecule has 2 heterocycles. The Labute approximate surface area is 106 Å². The minimum atomic E-state index is -0.00693. The Morgan fingerprint density at radius 2 is 2.17 bits per heavy atom. The maximum absolute atomic E-state index is 11.4. The summed E-state index contributed by atoms with van der Waals surface area (Å²) in [5.41, 5.74) is 1.44. The van der Waals surface area contributed by atoms with Crippen molar-refractivity contribution in [3.8, 4) is 0 Å². The van der Waals surface area contributed by atoms with Crippen LogP contribution in [0.15, 0.2) is 12.4 Å². The van der Waals surface area contributed by atoms with Crippen LogP contribution in [0.5, 0.6) is 0 Å². The van der Waals surface area contributed by atoms with E-state index in [4.69, 9.17) is 0 Å². The zero-order valence-electron chi connectivity index (χ0n) is 10.8. The van der Waals surface area contributed by atoms with E-state index >= 15 is 0 Å². The van der Waals surface area contributed by atoms with Crippen LogP contribution in [0.1, 0.15) is 24.4 Å². The predicted octanol–water partition coefficient (Wildman–Crippen LogP) is 0.288. The van der Waals surface area contributed by atoms with Gasteiger partial charge in [-0.25, -0.2) is 4.79 Å². The number of nitrogens with zero attached hydrogens (tertiary/aromatic N) is 3. The highest BCUT2D eigenvalue weighted by atomic mass is 16.2. The van der Waals surface area contributed by atoms with Crippen molar-refractivity contribution < 1.29 is 4.79 Å². The highest BCUT2D eigenvalue weighted by Gasteiger charge is 2.44. The number of hydrogen-bond donors (Lipinski definition) is 2. The molecular formula is C12H19N5O. The molecule has 6 heteroatoms. The van der Waals surface area contributed by atoms with Gasteiger partial charge in [-0.1, -0.05) is 0 Å². The molecule has 6 nitrogen and oxygen atoms in total. The number of amides is 2. The fourth-order valence-corrected chi connectivity index (χ4v) is 2.54. The second-order valence-corrected chi connectivity index (χ2v) is 5.16. The van der Waals surface area contributed by atoms with Crippen LogP contribution < -0.4 is 10.6 Å². The molecule has 2 aliphatic rings. The minimum absolute atomic E-state index is 0.00693. The van der Waals surface area contributed by atoms with Gasteiger partial charge < -0.3 is 15.5 Å². The number of nitrogens with one attached hydrogen (secondary N) is 2. The molecule has 3 rings (SSSR count). The minimum Gasteiger partial charge on any atom is -0.341 e. The largest absolute Gasteiger partial charge is 0.341 e. The molecule has 0 unspecified atom stereocenters. The quantitative estimate of drug-likeness (QED) is 0.809. The Morgan fingerprint density at radius 1 is 1.44 bits per heavy atom. The van der Waals surface area contributed by atoms with Gasteiger partial charge in [0.2, 0.25) is 0 Å². The SMILES string of the molecule is CNC(=O)N1CC(n2cc(C3(NC)CC3)cn2)C1. The Kier molecular flexibility index (Phi) is 2.55. The first kappa shape index (κ1) is 11.5. The number of aromatic nitrogens is 2. The fraction of sp³-hybridized carbons (Fsp3) is 0.667. The lowest BCUT2D eigenvalue weighted by molar-refractivity contribution is 0.120. The summed E-state index contributed by atoms with van der Waals surface area (Å²) in [5, 5.41) is 10.4. The van der Waals surface area contributed by atoms with Crippen molar-refractivity contribution in [1.29, 1.82) is 0 Å². The number of rotatable bonds is 3. The van der Waals surface area contributed by atoms with Gasteiger partial charge in [0.1, 0.15) is 0 Å². The van der Waals surface area contributed by atoms with Gasteiger partial charge in [0, 0.05) is 37.4 Å². The van der Waals surface area contributed by atoms with E-state index in [0.29, 0.717) is 6.04 Å². The van der Waals surface area contributed by atoms with Crippen molar-refractivity contribution >= 4 is 6.03 Å². The molecule has 18 heavy (non-hydrogen) atoms. The van der Waals surface area contributed by atoms with Crippen molar-refractivity contribution in [1.82, 2.24) is 25.3 Å². The van der Waals surface area contributed by atoms with Crippen molar-refractivity contribution in [2.45, 2.75) is 24.4 Å². The Bertz CT molecular complexity index is 459. The summed E-state index contributed by atoms with van der Waals surface area (Å²) in [6, 6.07) is 0.316. The Hall–Kier alpha value is -1.56. The van der Waals surface area contributed by atoms with E-state index in [0.717, 1.165) is 13.1 Å². The van der Waals surface area contributed by atoms with E-state index < -0.39 is 0 Å². The van der Waals surface area contributed by atoms with Crippen LogP contribution in [0.2, 0.25) is 0 Å². The summed E-state index contributed by atoms with van der Waals surface area (Å²) in [7, 11) is 3.66. The normalized spacial score (nSPS) is 21.6. The molecule has 2 N–H and O–H groups in total. The molecule has 1 aliphatic heterocycles. The van der Waals surface area contributed by atoms with E-state index in [1.807, 2.05) is 17.9 Å². The molecule has 2 amide bonds. The highest BCUT2D eigenvalue weighted by molar-refractivity contribution is 5.74. The predicted molar refractivity (Wildman–Crippen MR) is 67.3 cm³/mol. The lowest BCUT2D eigenvalue weighted by Crippen LogP contribution is -2.53. The van der Waals surface area contributed by atoms with Gasteiger partial charge in [0.25, 0.3) is 0 Å². The molecule has 0 spiro atoms. The van der Waals surface area contributed by atoms with Crippen molar-refractivity contribution in [2.75, 3.05) is 27.2 Å². The van der Waals surface area contributed by atoms with Gasteiger partial charge in [0.15, 0.2) is 0 Å². The van der Waals surface area contributed by atoms with Crippen molar-refractivity contribution in [2.24, 2.45) is 0 Å². The zero-order valence-corrected chi connectivity index (χ0v) is 10.8.